The van der Waals surface area contributed by atoms with E-state index in [4.69, 9.17) is 10.8 Å². The molecule has 0 heterocycles. The second-order valence-corrected chi connectivity index (χ2v) is 6.34. The Kier molecular flexibility index (Phi) is 5.78. The fourth-order valence-corrected chi connectivity index (χ4v) is 3.25. The second kappa shape index (κ2) is 6.88. The van der Waals surface area contributed by atoms with Crippen LogP contribution in [0, 0.1) is 12.8 Å². The van der Waals surface area contributed by atoms with Gasteiger partial charge in [-0.3, -0.25) is 0 Å². The lowest BCUT2D eigenvalue weighted by Crippen LogP contribution is -2.30. The highest BCUT2D eigenvalue weighted by Crippen LogP contribution is 2.20. The number of rotatable bonds is 7. The van der Waals surface area contributed by atoms with E-state index in [9.17, 15) is 8.42 Å². The Hall–Kier alpha value is -1.11. The fraction of sp³-hybridized carbons (Fsp3) is 0.538. The molecule has 0 radical (unpaired) electrons. The van der Waals surface area contributed by atoms with Gasteiger partial charge in [-0.25, -0.2) is 13.1 Å². The van der Waals surface area contributed by atoms with Crippen molar-refractivity contribution in [3.8, 4) is 0 Å². The van der Waals surface area contributed by atoms with Crippen LogP contribution in [0.4, 0.5) is 5.69 Å². The van der Waals surface area contributed by atoms with Gasteiger partial charge in [-0.2, -0.15) is 0 Å². The maximum Gasteiger partial charge on any atom is 0.240 e. The predicted octanol–water partition coefficient (Wildman–Crippen LogP) is 1.26. The summed E-state index contributed by atoms with van der Waals surface area (Å²) in [6.45, 7) is 4.06. The Morgan fingerprint density at radius 2 is 2.11 bits per heavy atom. The Bertz CT molecular complexity index is 515. The van der Waals surface area contributed by atoms with Gasteiger partial charge in [0, 0.05) is 18.8 Å². The molecule has 6 heteroatoms. The Morgan fingerprint density at radius 3 is 2.68 bits per heavy atom. The summed E-state index contributed by atoms with van der Waals surface area (Å²) in [4.78, 5) is 0.214. The number of nitrogens with one attached hydrogen (secondary N) is 1. The second-order valence-electron chi connectivity index (χ2n) is 4.61. The molecule has 0 saturated carbocycles. The lowest BCUT2D eigenvalue weighted by atomic mass is 10.0. The van der Waals surface area contributed by atoms with Crippen molar-refractivity contribution < 1.29 is 13.5 Å². The predicted molar refractivity (Wildman–Crippen MR) is 76.3 cm³/mol. The maximum atomic E-state index is 12.2. The molecule has 4 N–H and O–H groups in total. The zero-order valence-electron chi connectivity index (χ0n) is 11.4. The van der Waals surface area contributed by atoms with Crippen LogP contribution in [-0.4, -0.2) is 26.7 Å². The highest BCUT2D eigenvalue weighted by molar-refractivity contribution is 7.89. The lowest BCUT2D eigenvalue weighted by Gasteiger charge is -2.16. The van der Waals surface area contributed by atoms with Crippen LogP contribution in [0.2, 0.25) is 0 Å². The maximum absolute atomic E-state index is 12.2. The summed E-state index contributed by atoms with van der Waals surface area (Å²) in [5, 5.41) is 8.90. The van der Waals surface area contributed by atoms with Gasteiger partial charge in [-0.05, 0) is 37.0 Å². The van der Waals surface area contributed by atoms with Crippen LogP contribution in [0.5, 0.6) is 0 Å². The third-order valence-electron chi connectivity index (χ3n) is 3.29. The van der Waals surface area contributed by atoms with Gasteiger partial charge in [-0.15, -0.1) is 0 Å². The van der Waals surface area contributed by atoms with Crippen molar-refractivity contribution in [2.75, 3.05) is 18.9 Å². The molecule has 0 aliphatic rings. The number of nitrogens with two attached hydrogens (primary N) is 1. The molecular formula is C13H22N2O3S. The average Bonchev–Trinajstić information content (AvgIpc) is 2.37. The van der Waals surface area contributed by atoms with E-state index in [1.54, 1.807) is 25.1 Å². The molecule has 0 aromatic heterocycles. The zero-order valence-corrected chi connectivity index (χ0v) is 12.2. The minimum absolute atomic E-state index is 0.0670. The molecule has 0 fully saturated rings. The molecule has 1 aromatic carbocycles. The number of sulfonamides is 1. The van der Waals surface area contributed by atoms with Crippen LogP contribution in [0.3, 0.4) is 0 Å². The molecule has 1 rings (SSSR count). The summed E-state index contributed by atoms with van der Waals surface area (Å²) >= 11 is 0. The molecule has 0 amide bonds. The molecule has 0 bridgehead atoms. The van der Waals surface area contributed by atoms with Gasteiger partial charge in [0.15, 0.2) is 0 Å². The summed E-state index contributed by atoms with van der Waals surface area (Å²) in [7, 11) is -3.55. The topological polar surface area (TPSA) is 92.4 Å². The number of hydrogen-bond acceptors (Lipinski definition) is 4. The molecule has 0 spiro atoms. The molecule has 0 aliphatic carbocycles. The van der Waals surface area contributed by atoms with Gasteiger partial charge in [0.2, 0.25) is 10.0 Å². The summed E-state index contributed by atoms with van der Waals surface area (Å²) < 4.78 is 27.0. The van der Waals surface area contributed by atoms with Crippen LogP contribution in [-0.2, 0) is 10.0 Å². The zero-order chi connectivity index (χ0) is 14.5. The summed E-state index contributed by atoms with van der Waals surface area (Å²) in [5.74, 6) is 0.140. The van der Waals surface area contributed by atoms with Gasteiger partial charge >= 0.3 is 0 Å². The first kappa shape index (κ1) is 15.9. The van der Waals surface area contributed by atoms with Gasteiger partial charge in [-0.1, -0.05) is 19.4 Å². The largest absolute Gasteiger partial charge is 0.398 e. The van der Waals surface area contributed by atoms with Crippen molar-refractivity contribution in [2.45, 2.75) is 31.6 Å². The van der Waals surface area contributed by atoms with Crippen LogP contribution < -0.4 is 10.5 Å². The van der Waals surface area contributed by atoms with Gasteiger partial charge in [0.25, 0.3) is 0 Å². The van der Waals surface area contributed by atoms with Gasteiger partial charge in [0.05, 0.1) is 4.90 Å². The highest BCUT2D eigenvalue weighted by atomic mass is 32.2. The minimum atomic E-state index is -3.55. The first-order valence-electron chi connectivity index (χ1n) is 6.38. The number of hydrogen-bond donors (Lipinski definition) is 3. The van der Waals surface area contributed by atoms with Crippen LogP contribution in [0.25, 0.3) is 0 Å². The Morgan fingerprint density at radius 1 is 1.42 bits per heavy atom. The first-order chi connectivity index (χ1) is 8.92. The van der Waals surface area contributed by atoms with E-state index in [0.29, 0.717) is 24.2 Å². The number of anilines is 1. The lowest BCUT2D eigenvalue weighted by molar-refractivity contribution is 0.254. The minimum Gasteiger partial charge on any atom is -0.398 e. The van der Waals surface area contributed by atoms with Crippen molar-refractivity contribution in [2.24, 2.45) is 5.92 Å². The molecule has 1 aromatic rings. The smallest absolute Gasteiger partial charge is 0.240 e. The molecule has 0 saturated heterocycles. The number of aliphatic hydroxyl groups is 1. The van der Waals surface area contributed by atoms with Crippen molar-refractivity contribution >= 4 is 15.7 Å². The fourth-order valence-electron chi connectivity index (χ4n) is 1.86. The first-order valence-corrected chi connectivity index (χ1v) is 7.86. The van der Waals surface area contributed by atoms with Crippen LogP contribution in [0.15, 0.2) is 23.1 Å². The Balaban J connectivity index is 2.84. The standard InChI is InChI=1S/C13H22N2O3S/c1-3-11(7-8-16)9-15-19(17,18)13-6-4-5-12(14)10(13)2/h4-6,11,15-16H,3,7-9,14H2,1-2H3. The number of nitrogen functional groups attached to an aromatic ring is 1. The SMILES string of the molecule is CCC(CCO)CNS(=O)(=O)c1cccc(N)c1C. The molecule has 1 unspecified atom stereocenters. The third kappa shape index (κ3) is 4.19. The molecule has 0 aliphatic heterocycles. The summed E-state index contributed by atoms with van der Waals surface area (Å²) in [6, 6.07) is 4.85. The highest BCUT2D eigenvalue weighted by Gasteiger charge is 2.19. The molecule has 5 nitrogen and oxygen atoms in total. The van der Waals surface area contributed by atoms with Crippen LogP contribution >= 0.6 is 0 Å². The van der Waals surface area contributed by atoms with E-state index < -0.39 is 10.0 Å². The quantitative estimate of drug-likeness (QED) is 0.658. The van der Waals surface area contributed by atoms with Crippen LogP contribution in [0.1, 0.15) is 25.3 Å². The Labute approximate surface area is 114 Å². The van der Waals surface area contributed by atoms with E-state index >= 15 is 0 Å². The monoisotopic (exact) mass is 286 g/mol. The molecule has 108 valence electrons. The molecule has 19 heavy (non-hydrogen) atoms. The van der Waals surface area contributed by atoms with Crippen molar-refractivity contribution in [3.63, 3.8) is 0 Å². The van der Waals surface area contributed by atoms with E-state index in [2.05, 4.69) is 4.72 Å². The van der Waals surface area contributed by atoms with E-state index in [1.807, 2.05) is 6.92 Å². The molecule has 1 atom stereocenters. The molecular weight excluding hydrogens is 264 g/mol. The summed E-state index contributed by atoms with van der Waals surface area (Å²) in [5.41, 5.74) is 6.75. The van der Waals surface area contributed by atoms with E-state index in [-0.39, 0.29) is 17.4 Å². The van der Waals surface area contributed by atoms with Crippen molar-refractivity contribution in [1.82, 2.24) is 4.72 Å². The third-order valence-corrected chi connectivity index (χ3v) is 4.86. The average molecular weight is 286 g/mol. The van der Waals surface area contributed by atoms with Gasteiger partial charge in [0.1, 0.15) is 0 Å². The van der Waals surface area contributed by atoms with E-state index in [1.165, 1.54) is 0 Å². The van der Waals surface area contributed by atoms with Gasteiger partial charge < -0.3 is 10.8 Å². The van der Waals surface area contributed by atoms with Crippen molar-refractivity contribution in [3.05, 3.63) is 23.8 Å². The normalized spacial score (nSPS) is 13.4. The summed E-state index contributed by atoms with van der Waals surface area (Å²) in [6.07, 6.45) is 1.41. The van der Waals surface area contributed by atoms with Crippen molar-refractivity contribution in [1.29, 1.82) is 0 Å². The van der Waals surface area contributed by atoms with E-state index in [0.717, 1.165) is 6.42 Å². The number of benzene rings is 1. The number of aliphatic hydroxyl groups excluding tert-OH is 1.